The first-order valence-corrected chi connectivity index (χ1v) is 8.42. The molecule has 2 aromatic rings. The fourth-order valence-electron chi connectivity index (χ4n) is 1.77. The summed E-state index contributed by atoms with van der Waals surface area (Å²) in [6.45, 7) is 0. The van der Waals surface area contributed by atoms with Crippen LogP contribution < -0.4 is 5.32 Å². The van der Waals surface area contributed by atoms with Crippen LogP contribution in [0.3, 0.4) is 0 Å². The average Bonchev–Trinajstić information content (AvgIpc) is 2.56. The van der Waals surface area contributed by atoms with E-state index in [1.165, 1.54) is 24.3 Å². The van der Waals surface area contributed by atoms with E-state index in [0.29, 0.717) is 10.7 Å². The minimum absolute atomic E-state index is 0.0478. The SMILES string of the molecule is COC(=O)C(=CNc1ccccc1)S(=O)(=O)c1ccc(Cl)cc1. The number of anilines is 1. The van der Waals surface area contributed by atoms with Crippen LogP contribution in [-0.2, 0) is 19.4 Å². The monoisotopic (exact) mass is 351 g/mol. The summed E-state index contributed by atoms with van der Waals surface area (Å²) in [7, 11) is -2.91. The van der Waals surface area contributed by atoms with Crippen LogP contribution in [0.1, 0.15) is 0 Å². The Morgan fingerprint density at radius 2 is 1.70 bits per heavy atom. The number of halogens is 1. The van der Waals surface area contributed by atoms with Crippen LogP contribution >= 0.6 is 11.6 Å². The predicted molar refractivity (Wildman–Crippen MR) is 88.8 cm³/mol. The molecule has 5 nitrogen and oxygen atoms in total. The Kier molecular flexibility index (Phi) is 5.41. The maximum atomic E-state index is 12.6. The highest BCUT2D eigenvalue weighted by molar-refractivity contribution is 7.96. The van der Waals surface area contributed by atoms with E-state index in [1.54, 1.807) is 24.3 Å². The number of sulfone groups is 1. The normalized spacial score (nSPS) is 11.8. The van der Waals surface area contributed by atoms with Crippen LogP contribution in [0.4, 0.5) is 5.69 Å². The van der Waals surface area contributed by atoms with Crippen LogP contribution in [0.2, 0.25) is 5.02 Å². The molecule has 2 aromatic carbocycles. The van der Waals surface area contributed by atoms with E-state index in [1.807, 2.05) is 6.07 Å². The molecule has 0 spiro atoms. The predicted octanol–water partition coefficient (Wildman–Crippen LogP) is 3.24. The van der Waals surface area contributed by atoms with E-state index in [0.717, 1.165) is 13.3 Å². The summed E-state index contributed by atoms with van der Waals surface area (Å²) in [6.07, 6.45) is 1.12. The number of hydrogen-bond donors (Lipinski definition) is 1. The Morgan fingerprint density at radius 1 is 1.09 bits per heavy atom. The van der Waals surface area contributed by atoms with Crippen LogP contribution in [0.25, 0.3) is 0 Å². The van der Waals surface area contributed by atoms with Crippen molar-refractivity contribution in [2.75, 3.05) is 12.4 Å². The van der Waals surface area contributed by atoms with Gasteiger partial charge in [0.25, 0.3) is 0 Å². The second kappa shape index (κ2) is 7.30. The summed E-state index contributed by atoms with van der Waals surface area (Å²) in [6, 6.07) is 14.4. The molecule has 23 heavy (non-hydrogen) atoms. The molecule has 0 atom stereocenters. The fraction of sp³-hybridized carbons (Fsp3) is 0.0625. The standard InChI is InChI=1S/C16H14ClNO4S/c1-22-16(19)15(11-18-13-5-3-2-4-6-13)23(20,21)14-9-7-12(17)8-10-14/h2-11,18H,1H3. The highest BCUT2D eigenvalue weighted by atomic mass is 35.5. The molecule has 0 unspecified atom stereocenters. The summed E-state index contributed by atoms with van der Waals surface area (Å²) >= 11 is 5.76. The van der Waals surface area contributed by atoms with Crippen molar-refractivity contribution in [3.63, 3.8) is 0 Å². The number of rotatable bonds is 5. The molecule has 0 aliphatic rings. The lowest BCUT2D eigenvalue weighted by molar-refractivity contribution is -0.135. The molecule has 1 N–H and O–H groups in total. The molecule has 0 heterocycles. The number of para-hydroxylation sites is 1. The molecule has 0 aliphatic heterocycles. The van der Waals surface area contributed by atoms with Crippen molar-refractivity contribution in [2.45, 2.75) is 4.90 Å². The topological polar surface area (TPSA) is 72.5 Å². The van der Waals surface area contributed by atoms with Gasteiger partial charge in [-0.05, 0) is 36.4 Å². The zero-order valence-corrected chi connectivity index (χ0v) is 13.8. The van der Waals surface area contributed by atoms with Crippen molar-refractivity contribution < 1.29 is 17.9 Å². The Balaban J connectivity index is 2.41. The number of ether oxygens (including phenoxy) is 1. The van der Waals surface area contributed by atoms with Crippen molar-refractivity contribution in [3.05, 3.63) is 70.7 Å². The van der Waals surface area contributed by atoms with Gasteiger partial charge in [-0.1, -0.05) is 29.8 Å². The summed E-state index contributed by atoms with van der Waals surface area (Å²) in [5.41, 5.74) is 0.639. The van der Waals surface area contributed by atoms with Gasteiger partial charge in [-0.3, -0.25) is 0 Å². The number of carbonyl (C=O) groups is 1. The molecule has 0 saturated heterocycles. The summed E-state index contributed by atoms with van der Waals surface area (Å²) in [5, 5.41) is 3.18. The van der Waals surface area contributed by atoms with Gasteiger partial charge >= 0.3 is 5.97 Å². The lowest BCUT2D eigenvalue weighted by atomic mass is 10.3. The minimum atomic E-state index is -4.03. The van der Waals surface area contributed by atoms with Crippen LogP contribution in [0, 0.1) is 0 Å². The third-order valence-electron chi connectivity index (χ3n) is 2.94. The summed E-state index contributed by atoms with van der Waals surface area (Å²) in [4.78, 5) is 11.3. The van der Waals surface area contributed by atoms with E-state index < -0.39 is 20.7 Å². The van der Waals surface area contributed by atoms with Gasteiger partial charge in [-0.15, -0.1) is 0 Å². The number of carbonyl (C=O) groups excluding carboxylic acids is 1. The van der Waals surface area contributed by atoms with E-state index in [2.05, 4.69) is 10.1 Å². The van der Waals surface area contributed by atoms with Gasteiger partial charge in [0.05, 0.1) is 12.0 Å². The van der Waals surface area contributed by atoms with Crippen molar-refractivity contribution in [1.29, 1.82) is 0 Å². The van der Waals surface area contributed by atoms with Crippen molar-refractivity contribution in [2.24, 2.45) is 0 Å². The first-order chi connectivity index (χ1) is 10.9. The third-order valence-corrected chi connectivity index (χ3v) is 4.95. The van der Waals surface area contributed by atoms with Gasteiger partial charge in [0.1, 0.15) is 0 Å². The molecule has 7 heteroatoms. The van der Waals surface area contributed by atoms with Gasteiger partial charge in [0, 0.05) is 16.9 Å². The molecule has 2 rings (SSSR count). The molecule has 0 aliphatic carbocycles. The fourth-order valence-corrected chi connectivity index (χ4v) is 3.16. The number of nitrogens with one attached hydrogen (secondary N) is 1. The van der Waals surface area contributed by atoms with Gasteiger partial charge in [0.2, 0.25) is 9.84 Å². The zero-order valence-electron chi connectivity index (χ0n) is 12.2. The lowest BCUT2D eigenvalue weighted by Gasteiger charge is -2.09. The van der Waals surface area contributed by atoms with Crippen molar-refractivity contribution >= 4 is 33.1 Å². The molecule has 0 aromatic heterocycles. The smallest absolute Gasteiger partial charge is 0.351 e. The number of esters is 1. The van der Waals surface area contributed by atoms with Crippen LogP contribution in [0.15, 0.2) is 70.6 Å². The van der Waals surface area contributed by atoms with Crippen LogP contribution in [0.5, 0.6) is 0 Å². The molecule has 0 fully saturated rings. The van der Waals surface area contributed by atoms with Gasteiger partial charge < -0.3 is 10.1 Å². The Hall–Kier alpha value is -2.31. The Labute approximate surface area is 139 Å². The molecule has 0 saturated carbocycles. The molecular formula is C16H14ClNO4S. The zero-order chi connectivity index (χ0) is 16.9. The molecule has 120 valence electrons. The largest absolute Gasteiger partial charge is 0.465 e. The van der Waals surface area contributed by atoms with Gasteiger partial charge in [-0.2, -0.15) is 0 Å². The number of benzene rings is 2. The van der Waals surface area contributed by atoms with E-state index in [-0.39, 0.29) is 4.90 Å². The Morgan fingerprint density at radius 3 is 2.26 bits per heavy atom. The second-order valence-electron chi connectivity index (χ2n) is 4.47. The molecule has 0 radical (unpaired) electrons. The maximum Gasteiger partial charge on any atom is 0.351 e. The van der Waals surface area contributed by atoms with Gasteiger partial charge in [0.15, 0.2) is 4.91 Å². The van der Waals surface area contributed by atoms with E-state index in [4.69, 9.17) is 11.6 Å². The minimum Gasteiger partial charge on any atom is -0.465 e. The van der Waals surface area contributed by atoms with Crippen LogP contribution in [-0.4, -0.2) is 21.5 Å². The lowest BCUT2D eigenvalue weighted by Crippen LogP contribution is -2.16. The maximum absolute atomic E-state index is 12.6. The third kappa shape index (κ3) is 4.12. The quantitative estimate of drug-likeness (QED) is 0.661. The number of methoxy groups -OCH3 is 1. The summed E-state index contributed by atoms with van der Waals surface area (Å²) in [5.74, 6) is -0.955. The Bertz CT molecular complexity index is 815. The number of hydrogen-bond acceptors (Lipinski definition) is 5. The highest BCUT2D eigenvalue weighted by Crippen LogP contribution is 2.22. The molecular weight excluding hydrogens is 338 g/mol. The molecule has 0 amide bonds. The van der Waals surface area contributed by atoms with E-state index in [9.17, 15) is 13.2 Å². The average molecular weight is 352 g/mol. The van der Waals surface area contributed by atoms with Crippen molar-refractivity contribution in [3.8, 4) is 0 Å². The highest BCUT2D eigenvalue weighted by Gasteiger charge is 2.28. The van der Waals surface area contributed by atoms with Crippen molar-refractivity contribution in [1.82, 2.24) is 0 Å². The van der Waals surface area contributed by atoms with Gasteiger partial charge in [-0.25, -0.2) is 13.2 Å². The second-order valence-corrected chi connectivity index (χ2v) is 6.82. The summed E-state index contributed by atoms with van der Waals surface area (Å²) < 4.78 is 29.8. The first kappa shape index (κ1) is 17.1. The first-order valence-electron chi connectivity index (χ1n) is 6.56. The molecule has 0 bridgehead atoms. The van der Waals surface area contributed by atoms with E-state index >= 15 is 0 Å².